The highest BCUT2D eigenvalue weighted by molar-refractivity contribution is 6.17. The highest BCUT2D eigenvalue weighted by Gasteiger charge is 2.03. The molecule has 0 heterocycles. The maximum atomic E-state index is 12.0. The van der Waals surface area contributed by atoms with E-state index in [-0.39, 0.29) is 12.7 Å². The normalized spacial score (nSPS) is 11.1. The third-order valence-electron chi connectivity index (χ3n) is 6.60. The van der Waals surface area contributed by atoms with Crippen LogP contribution in [0.1, 0.15) is 134 Å². The molecule has 1 amide bonds. The molecule has 0 fully saturated rings. The zero-order valence-electron chi connectivity index (χ0n) is 23.2. The molecule has 0 saturated heterocycles. The number of halogens is 1. The van der Waals surface area contributed by atoms with Gasteiger partial charge in [0.25, 0.3) is 0 Å². The Balaban J connectivity index is 1.89. The molecule has 1 N–H and O–H groups in total. The van der Waals surface area contributed by atoms with E-state index < -0.39 is 0 Å². The lowest BCUT2D eigenvalue weighted by Gasteiger charge is -2.09. The summed E-state index contributed by atoms with van der Waals surface area (Å²) in [5, 5.41) is 2.87. The van der Waals surface area contributed by atoms with Gasteiger partial charge in [-0.15, -0.1) is 11.6 Å². The molecule has 1 aromatic carbocycles. The summed E-state index contributed by atoms with van der Waals surface area (Å²) >= 11 is 5.68. The highest BCUT2D eigenvalue weighted by atomic mass is 35.5. The van der Waals surface area contributed by atoms with Crippen LogP contribution >= 0.6 is 11.6 Å². The highest BCUT2D eigenvalue weighted by Crippen LogP contribution is 2.14. The lowest BCUT2D eigenvalue weighted by Crippen LogP contribution is -2.25. The number of alkyl carbamates (subject to hydrolysis) is 1. The minimum absolute atomic E-state index is 0.283. The van der Waals surface area contributed by atoms with Gasteiger partial charge in [-0.3, -0.25) is 0 Å². The maximum absolute atomic E-state index is 12.0. The number of carbonyl (C=O) groups excluding carboxylic acids is 1. The van der Waals surface area contributed by atoms with Crippen molar-refractivity contribution in [1.82, 2.24) is 5.32 Å². The molecule has 0 aromatic heterocycles. The van der Waals surface area contributed by atoms with Gasteiger partial charge in [-0.05, 0) is 30.4 Å². The van der Waals surface area contributed by atoms with Crippen LogP contribution < -0.4 is 5.32 Å². The van der Waals surface area contributed by atoms with E-state index in [0.29, 0.717) is 19.0 Å². The quantitative estimate of drug-likeness (QED) is 0.102. The van der Waals surface area contributed by atoms with Crippen LogP contribution in [0.25, 0.3) is 0 Å². The van der Waals surface area contributed by atoms with Gasteiger partial charge in [0.2, 0.25) is 0 Å². The van der Waals surface area contributed by atoms with Gasteiger partial charge in [-0.1, -0.05) is 128 Å². The van der Waals surface area contributed by atoms with E-state index in [2.05, 4.69) is 12.2 Å². The Bertz CT molecular complexity index is 626. The number of nitrogens with one attached hydrogen (secondary N) is 1. The first-order valence-corrected chi connectivity index (χ1v) is 15.4. The van der Waals surface area contributed by atoms with Crippen molar-refractivity contribution in [3.8, 4) is 0 Å². The number of rotatable bonds is 25. The van der Waals surface area contributed by atoms with Crippen molar-refractivity contribution in [3.63, 3.8) is 0 Å². The van der Waals surface area contributed by atoms with Crippen molar-refractivity contribution in [2.45, 2.75) is 136 Å². The molecule has 208 valence electrons. The summed E-state index contributed by atoms with van der Waals surface area (Å²) in [5.74, 6) is 0.678. The molecule has 36 heavy (non-hydrogen) atoms. The van der Waals surface area contributed by atoms with E-state index in [1.54, 1.807) is 0 Å². The molecule has 5 heteroatoms. The van der Waals surface area contributed by atoms with Gasteiger partial charge in [0.15, 0.2) is 0 Å². The van der Waals surface area contributed by atoms with Crippen LogP contribution in [-0.2, 0) is 22.7 Å². The fourth-order valence-corrected chi connectivity index (χ4v) is 4.55. The molecule has 0 unspecified atom stereocenters. The number of amides is 1. The minimum atomic E-state index is -0.335. The molecule has 0 spiro atoms. The lowest BCUT2D eigenvalue weighted by molar-refractivity contribution is 0.118. The Hall–Kier alpha value is -1.26. The molecule has 0 aliphatic rings. The SMILES string of the molecule is CCCCCCCCCCCCCCCCCCNC(=O)OCc1cccc(COCCCCCl)c1. The average molecular weight is 524 g/mol. The minimum Gasteiger partial charge on any atom is -0.445 e. The van der Waals surface area contributed by atoms with Crippen molar-refractivity contribution >= 4 is 17.7 Å². The molecule has 0 bridgehead atoms. The second-order valence-electron chi connectivity index (χ2n) is 10.1. The zero-order chi connectivity index (χ0) is 25.9. The van der Waals surface area contributed by atoms with Gasteiger partial charge >= 0.3 is 6.09 Å². The van der Waals surface area contributed by atoms with Crippen molar-refractivity contribution in [2.75, 3.05) is 19.0 Å². The Labute approximate surface area is 227 Å². The molecule has 1 rings (SSSR count). The molecular formula is C31H54ClNO3. The Morgan fingerprint density at radius 1 is 0.722 bits per heavy atom. The number of hydrogen-bond donors (Lipinski definition) is 1. The van der Waals surface area contributed by atoms with Gasteiger partial charge in [-0.25, -0.2) is 4.79 Å². The van der Waals surface area contributed by atoms with Crippen LogP contribution in [-0.4, -0.2) is 25.1 Å². The van der Waals surface area contributed by atoms with Gasteiger partial charge in [0, 0.05) is 19.0 Å². The summed E-state index contributed by atoms with van der Waals surface area (Å²) in [6.07, 6.45) is 23.3. The summed E-state index contributed by atoms with van der Waals surface area (Å²) in [6.45, 7) is 4.54. The number of hydrogen-bond acceptors (Lipinski definition) is 3. The van der Waals surface area contributed by atoms with Crippen molar-refractivity contribution in [3.05, 3.63) is 35.4 Å². The topological polar surface area (TPSA) is 47.6 Å². The first-order chi connectivity index (χ1) is 17.8. The Morgan fingerprint density at radius 2 is 1.25 bits per heavy atom. The van der Waals surface area contributed by atoms with Crippen LogP contribution in [0.2, 0.25) is 0 Å². The first kappa shape index (κ1) is 32.8. The first-order valence-electron chi connectivity index (χ1n) is 14.9. The van der Waals surface area contributed by atoms with E-state index in [1.807, 2.05) is 24.3 Å². The number of benzene rings is 1. The average Bonchev–Trinajstić information content (AvgIpc) is 2.89. The van der Waals surface area contributed by atoms with Crippen molar-refractivity contribution in [1.29, 1.82) is 0 Å². The van der Waals surface area contributed by atoms with Crippen molar-refractivity contribution < 1.29 is 14.3 Å². The van der Waals surface area contributed by atoms with E-state index in [9.17, 15) is 4.79 Å². The second kappa shape index (κ2) is 25.4. The van der Waals surface area contributed by atoms with Gasteiger partial charge < -0.3 is 14.8 Å². The number of carbonyl (C=O) groups is 1. The van der Waals surface area contributed by atoms with Crippen LogP contribution in [0.15, 0.2) is 24.3 Å². The standard InChI is InChI=1S/C31H54ClNO3/c1-2-3-4-5-6-7-8-9-10-11-12-13-14-15-16-18-24-33-31(34)36-28-30-22-20-21-29(26-30)27-35-25-19-17-23-32/h20-22,26H,2-19,23-25,27-28H2,1H3,(H,33,34). The van der Waals surface area contributed by atoms with E-state index in [0.717, 1.165) is 37.0 Å². The maximum Gasteiger partial charge on any atom is 0.407 e. The molecular weight excluding hydrogens is 470 g/mol. The predicted octanol–water partition coefficient (Wildman–Crippen LogP) is 9.71. The lowest BCUT2D eigenvalue weighted by atomic mass is 10.0. The van der Waals surface area contributed by atoms with Crippen LogP contribution in [0.5, 0.6) is 0 Å². The Morgan fingerprint density at radius 3 is 1.81 bits per heavy atom. The van der Waals surface area contributed by atoms with Gasteiger partial charge in [0.1, 0.15) is 6.61 Å². The third-order valence-corrected chi connectivity index (χ3v) is 6.87. The zero-order valence-corrected chi connectivity index (χ0v) is 23.9. The summed E-state index contributed by atoms with van der Waals surface area (Å²) in [7, 11) is 0. The molecule has 0 atom stereocenters. The van der Waals surface area contributed by atoms with Gasteiger partial charge in [0.05, 0.1) is 6.61 Å². The van der Waals surface area contributed by atoms with E-state index in [4.69, 9.17) is 21.1 Å². The summed E-state index contributed by atoms with van der Waals surface area (Å²) in [4.78, 5) is 12.0. The molecule has 0 aliphatic heterocycles. The van der Waals surface area contributed by atoms with Crippen LogP contribution in [0, 0.1) is 0 Å². The monoisotopic (exact) mass is 523 g/mol. The number of alkyl halides is 1. The third kappa shape index (κ3) is 20.9. The molecule has 0 radical (unpaired) electrons. The van der Waals surface area contributed by atoms with Crippen LogP contribution in [0.4, 0.5) is 4.79 Å². The Kier molecular flexibility index (Phi) is 23.1. The predicted molar refractivity (Wildman–Crippen MR) is 154 cm³/mol. The fraction of sp³-hybridized carbons (Fsp3) is 0.774. The van der Waals surface area contributed by atoms with E-state index >= 15 is 0 Å². The van der Waals surface area contributed by atoms with Gasteiger partial charge in [-0.2, -0.15) is 0 Å². The second-order valence-corrected chi connectivity index (χ2v) is 10.5. The molecule has 1 aromatic rings. The summed E-state index contributed by atoms with van der Waals surface area (Å²) in [6, 6.07) is 8.01. The molecule has 0 saturated carbocycles. The smallest absolute Gasteiger partial charge is 0.407 e. The number of ether oxygens (including phenoxy) is 2. The van der Waals surface area contributed by atoms with Crippen LogP contribution in [0.3, 0.4) is 0 Å². The summed E-state index contributed by atoms with van der Waals surface area (Å²) in [5.41, 5.74) is 2.07. The van der Waals surface area contributed by atoms with E-state index in [1.165, 1.54) is 96.3 Å². The molecule has 0 aliphatic carbocycles. The largest absolute Gasteiger partial charge is 0.445 e. The summed E-state index contributed by atoms with van der Waals surface area (Å²) < 4.78 is 11.0. The number of unbranched alkanes of at least 4 members (excludes halogenated alkanes) is 16. The fourth-order valence-electron chi connectivity index (χ4n) is 4.36. The molecule has 4 nitrogen and oxygen atoms in total. The van der Waals surface area contributed by atoms with Crippen molar-refractivity contribution in [2.24, 2.45) is 0 Å².